The van der Waals surface area contributed by atoms with Crippen molar-refractivity contribution < 1.29 is 9.53 Å². The van der Waals surface area contributed by atoms with Crippen LogP contribution in [0, 0.1) is 5.92 Å². The Labute approximate surface area is 120 Å². The molecule has 20 heavy (non-hydrogen) atoms. The smallest absolute Gasteiger partial charge is 0.227 e. The second kappa shape index (κ2) is 6.27. The molecule has 1 aliphatic carbocycles. The van der Waals surface area contributed by atoms with Crippen LogP contribution in [0.3, 0.4) is 0 Å². The van der Waals surface area contributed by atoms with Gasteiger partial charge in [0, 0.05) is 24.2 Å². The summed E-state index contributed by atoms with van der Waals surface area (Å²) in [6, 6.07) is 8.10. The average Bonchev–Trinajstić information content (AvgIpc) is 3.28. The highest BCUT2D eigenvalue weighted by atomic mass is 16.5. The summed E-state index contributed by atoms with van der Waals surface area (Å²) in [6.07, 6.45) is 2.18. The van der Waals surface area contributed by atoms with Gasteiger partial charge in [-0.05, 0) is 25.8 Å². The van der Waals surface area contributed by atoms with Crippen LogP contribution in [0.4, 0.5) is 0 Å². The van der Waals surface area contributed by atoms with E-state index in [9.17, 15) is 4.79 Å². The van der Waals surface area contributed by atoms with Gasteiger partial charge in [0.1, 0.15) is 5.75 Å². The minimum atomic E-state index is -0.148. The van der Waals surface area contributed by atoms with Crippen LogP contribution < -0.4 is 10.5 Å². The number of ether oxygens (including phenoxy) is 1. The summed E-state index contributed by atoms with van der Waals surface area (Å²) in [6.45, 7) is 4.39. The molecular weight excluding hydrogens is 252 g/mol. The Morgan fingerprint density at radius 3 is 2.60 bits per heavy atom. The maximum absolute atomic E-state index is 12.6. The van der Waals surface area contributed by atoms with Gasteiger partial charge >= 0.3 is 0 Å². The van der Waals surface area contributed by atoms with Crippen LogP contribution in [0.5, 0.6) is 5.75 Å². The second-order valence-electron chi connectivity index (χ2n) is 5.66. The fourth-order valence-electron chi connectivity index (χ4n) is 2.28. The first-order valence-electron chi connectivity index (χ1n) is 7.22. The summed E-state index contributed by atoms with van der Waals surface area (Å²) in [5.41, 5.74) is 6.92. The number of nitrogens with two attached hydrogens (primary N) is 1. The lowest BCUT2D eigenvalue weighted by atomic mass is 10.0. The maximum Gasteiger partial charge on any atom is 0.227 e. The number of carbonyl (C=O) groups excluding carboxylic acids is 1. The van der Waals surface area contributed by atoms with Gasteiger partial charge < -0.3 is 15.4 Å². The number of carbonyl (C=O) groups is 1. The molecule has 110 valence electrons. The molecule has 4 heteroatoms. The lowest BCUT2D eigenvalue weighted by Gasteiger charge is -2.28. The summed E-state index contributed by atoms with van der Waals surface area (Å²) in [4.78, 5) is 14.5. The summed E-state index contributed by atoms with van der Waals surface area (Å²) in [5, 5.41) is 0. The number of rotatable bonds is 6. The van der Waals surface area contributed by atoms with E-state index in [4.69, 9.17) is 10.5 Å². The highest BCUT2D eigenvalue weighted by Crippen LogP contribution is 2.31. The van der Waals surface area contributed by atoms with E-state index in [-0.39, 0.29) is 17.9 Å². The number of amides is 1. The standard InChI is InChI=1S/C16H24N2O2/c1-11(12(2)17)16(19)18(14-8-9-14)10-13-6-4-5-7-15(13)20-3/h4-7,11-12,14H,8-10,17H2,1-3H3. The Bertz CT molecular complexity index is 469. The largest absolute Gasteiger partial charge is 0.496 e. The number of nitrogens with zero attached hydrogens (tertiary/aromatic N) is 1. The zero-order valence-corrected chi connectivity index (χ0v) is 12.5. The van der Waals surface area contributed by atoms with Crippen LogP contribution in [0.1, 0.15) is 32.3 Å². The van der Waals surface area contributed by atoms with Crippen molar-refractivity contribution in [3.63, 3.8) is 0 Å². The third-order valence-corrected chi connectivity index (χ3v) is 3.98. The molecule has 1 aliphatic rings. The molecule has 4 nitrogen and oxygen atoms in total. The van der Waals surface area contributed by atoms with Crippen LogP contribution in [0.15, 0.2) is 24.3 Å². The highest BCUT2D eigenvalue weighted by molar-refractivity contribution is 5.80. The molecule has 1 aromatic carbocycles. The number of hydrogen-bond donors (Lipinski definition) is 1. The Morgan fingerprint density at radius 1 is 1.40 bits per heavy atom. The van der Waals surface area contributed by atoms with E-state index in [1.54, 1.807) is 7.11 Å². The van der Waals surface area contributed by atoms with E-state index in [0.29, 0.717) is 12.6 Å². The number of methoxy groups -OCH3 is 1. The first kappa shape index (κ1) is 14.9. The fourth-order valence-corrected chi connectivity index (χ4v) is 2.28. The molecule has 1 aromatic rings. The first-order chi connectivity index (χ1) is 9.54. The molecule has 1 amide bonds. The molecule has 0 radical (unpaired) electrons. The molecule has 0 aliphatic heterocycles. The van der Waals surface area contributed by atoms with Crippen molar-refractivity contribution in [2.45, 2.75) is 45.3 Å². The van der Waals surface area contributed by atoms with Crippen LogP contribution in [-0.4, -0.2) is 30.0 Å². The van der Waals surface area contributed by atoms with E-state index >= 15 is 0 Å². The van der Waals surface area contributed by atoms with Gasteiger partial charge in [0.05, 0.1) is 13.0 Å². The third kappa shape index (κ3) is 3.31. The van der Waals surface area contributed by atoms with Gasteiger partial charge in [0.15, 0.2) is 0 Å². The van der Waals surface area contributed by atoms with Crippen molar-refractivity contribution in [1.82, 2.24) is 4.90 Å². The predicted octanol–water partition coefficient (Wildman–Crippen LogP) is 2.17. The fraction of sp³-hybridized carbons (Fsp3) is 0.562. The minimum absolute atomic E-state index is 0.124. The second-order valence-corrected chi connectivity index (χ2v) is 5.66. The number of para-hydroxylation sites is 1. The highest BCUT2D eigenvalue weighted by Gasteiger charge is 2.35. The third-order valence-electron chi connectivity index (χ3n) is 3.98. The van der Waals surface area contributed by atoms with Crippen molar-refractivity contribution >= 4 is 5.91 Å². The monoisotopic (exact) mass is 276 g/mol. The van der Waals surface area contributed by atoms with Gasteiger partial charge in [-0.3, -0.25) is 4.79 Å². The summed E-state index contributed by atoms with van der Waals surface area (Å²) < 4.78 is 5.37. The summed E-state index contributed by atoms with van der Waals surface area (Å²) >= 11 is 0. The molecular formula is C16H24N2O2. The summed E-state index contributed by atoms with van der Waals surface area (Å²) in [5.74, 6) is 0.832. The van der Waals surface area contributed by atoms with Gasteiger partial charge in [-0.15, -0.1) is 0 Å². The van der Waals surface area contributed by atoms with Gasteiger partial charge in [0.2, 0.25) is 5.91 Å². The molecule has 0 saturated heterocycles. The van der Waals surface area contributed by atoms with E-state index in [1.807, 2.05) is 43.0 Å². The molecule has 0 bridgehead atoms. The Kier molecular flexibility index (Phi) is 4.65. The molecule has 0 heterocycles. The van der Waals surface area contributed by atoms with Gasteiger partial charge in [-0.1, -0.05) is 25.1 Å². The Balaban J connectivity index is 2.16. The van der Waals surface area contributed by atoms with E-state index in [1.165, 1.54) is 0 Å². The van der Waals surface area contributed by atoms with Gasteiger partial charge in [0.25, 0.3) is 0 Å². The first-order valence-corrected chi connectivity index (χ1v) is 7.22. The lowest BCUT2D eigenvalue weighted by Crippen LogP contribution is -2.42. The van der Waals surface area contributed by atoms with Gasteiger partial charge in [-0.2, -0.15) is 0 Å². The molecule has 2 atom stereocenters. The van der Waals surface area contributed by atoms with Crippen LogP contribution in [0.25, 0.3) is 0 Å². The van der Waals surface area contributed by atoms with Crippen molar-refractivity contribution in [3.05, 3.63) is 29.8 Å². The molecule has 0 aromatic heterocycles. The molecule has 1 fully saturated rings. The van der Waals surface area contributed by atoms with Crippen molar-refractivity contribution in [3.8, 4) is 5.75 Å². The lowest BCUT2D eigenvalue weighted by molar-refractivity contribution is -0.136. The van der Waals surface area contributed by atoms with Crippen LogP contribution >= 0.6 is 0 Å². The van der Waals surface area contributed by atoms with E-state index in [0.717, 1.165) is 24.2 Å². The van der Waals surface area contributed by atoms with Crippen molar-refractivity contribution in [2.24, 2.45) is 11.7 Å². The van der Waals surface area contributed by atoms with Crippen molar-refractivity contribution in [1.29, 1.82) is 0 Å². The van der Waals surface area contributed by atoms with E-state index < -0.39 is 0 Å². The van der Waals surface area contributed by atoms with Gasteiger partial charge in [-0.25, -0.2) is 0 Å². The number of hydrogen-bond acceptors (Lipinski definition) is 3. The van der Waals surface area contributed by atoms with E-state index in [2.05, 4.69) is 0 Å². The van der Waals surface area contributed by atoms with Crippen LogP contribution in [0.2, 0.25) is 0 Å². The topological polar surface area (TPSA) is 55.6 Å². The zero-order chi connectivity index (χ0) is 14.7. The zero-order valence-electron chi connectivity index (χ0n) is 12.5. The number of benzene rings is 1. The molecule has 2 N–H and O–H groups in total. The van der Waals surface area contributed by atoms with Crippen molar-refractivity contribution in [2.75, 3.05) is 7.11 Å². The molecule has 2 rings (SSSR count). The summed E-state index contributed by atoms with van der Waals surface area (Å²) in [7, 11) is 1.66. The molecule has 2 unspecified atom stereocenters. The normalized spacial score (nSPS) is 17.4. The minimum Gasteiger partial charge on any atom is -0.496 e. The molecule has 1 saturated carbocycles. The SMILES string of the molecule is COc1ccccc1CN(C(=O)C(C)C(C)N)C1CC1. The average molecular weight is 276 g/mol. The predicted molar refractivity (Wildman–Crippen MR) is 79.4 cm³/mol. The maximum atomic E-state index is 12.6. The Morgan fingerprint density at radius 2 is 2.05 bits per heavy atom. The Hall–Kier alpha value is -1.55. The quantitative estimate of drug-likeness (QED) is 0.866. The van der Waals surface area contributed by atoms with Crippen LogP contribution in [-0.2, 0) is 11.3 Å². The molecule has 0 spiro atoms.